The van der Waals surface area contributed by atoms with Crippen LogP contribution in [0.5, 0.6) is 0 Å². The van der Waals surface area contributed by atoms with Gasteiger partial charge < -0.3 is 11.1 Å². The monoisotopic (exact) mass is 276 g/mol. The molecule has 2 fully saturated rings. The first-order valence-corrected chi connectivity index (χ1v) is 7.20. The summed E-state index contributed by atoms with van der Waals surface area (Å²) in [6.45, 7) is 2.24. The molecular weight excluding hydrogens is 256 g/mol. The lowest BCUT2D eigenvalue weighted by molar-refractivity contribution is -0.383. The molecular formula is C14H20N4O2. The van der Waals surface area contributed by atoms with Gasteiger partial charge in [-0.2, -0.15) is 0 Å². The van der Waals surface area contributed by atoms with Gasteiger partial charge in [0.2, 0.25) is 0 Å². The minimum Gasteiger partial charge on any atom is -0.393 e. The molecule has 20 heavy (non-hydrogen) atoms. The molecule has 0 spiro atoms. The van der Waals surface area contributed by atoms with E-state index in [4.69, 9.17) is 5.73 Å². The molecule has 0 radical (unpaired) electrons. The number of hydrogen-bond donors (Lipinski definition) is 2. The average Bonchev–Trinajstić information content (AvgIpc) is 2.82. The molecule has 0 aromatic heterocycles. The van der Waals surface area contributed by atoms with Crippen molar-refractivity contribution >= 4 is 17.1 Å². The lowest BCUT2D eigenvalue weighted by Gasteiger charge is -2.32. The minimum absolute atomic E-state index is 0.00163. The van der Waals surface area contributed by atoms with Crippen LogP contribution in [0.3, 0.4) is 0 Å². The van der Waals surface area contributed by atoms with Crippen LogP contribution in [0.1, 0.15) is 25.7 Å². The number of nitro benzene ring substituents is 1. The molecule has 0 saturated carbocycles. The van der Waals surface area contributed by atoms with Gasteiger partial charge in [0, 0.05) is 18.6 Å². The number of para-hydroxylation sites is 1. The Morgan fingerprint density at radius 3 is 2.95 bits per heavy atom. The molecule has 3 rings (SSSR count). The fourth-order valence-electron chi connectivity index (χ4n) is 3.50. The number of hydrogen-bond acceptors (Lipinski definition) is 5. The number of nitrogens with one attached hydrogen (secondary N) is 1. The van der Waals surface area contributed by atoms with Crippen molar-refractivity contribution < 1.29 is 4.92 Å². The maximum Gasteiger partial charge on any atom is 0.314 e. The summed E-state index contributed by atoms with van der Waals surface area (Å²) in [5.41, 5.74) is 6.51. The summed E-state index contributed by atoms with van der Waals surface area (Å²) < 4.78 is 0. The van der Waals surface area contributed by atoms with E-state index in [1.807, 2.05) is 0 Å². The molecule has 2 heterocycles. The number of anilines is 2. The lowest BCUT2D eigenvalue weighted by atomic mass is 9.98. The standard InChI is InChI=1S/C14H20N4O2/c15-10-4-3-5-12(14(10)18(19)20)16-11-7-9-17-8-2-1-6-13(11)17/h3-5,11,13,16H,1-2,6-9,15H2. The smallest absolute Gasteiger partial charge is 0.314 e. The van der Waals surface area contributed by atoms with Crippen molar-refractivity contribution in [2.75, 3.05) is 24.1 Å². The number of rotatable bonds is 3. The Labute approximate surface area is 118 Å². The topological polar surface area (TPSA) is 84.4 Å². The zero-order chi connectivity index (χ0) is 14.1. The number of piperidine rings is 1. The SMILES string of the molecule is Nc1cccc(NC2CCN3CCCCC23)c1[N+](=O)[O-]. The Morgan fingerprint density at radius 1 is 1.30 bits per heavy atom. The van der Waals surface area contributed by atoms with Crippen LogP contribution >= 0.6 is 0 Å². The van der Waals surface area contributed by atoms with Crippen LogP contribution in [0.25, 0.3) is 0 Å². The van der Waals surface area contributed by atoms with Gasteiger partial charge in [-0.3, -0.25) is 15.0 Å². The highest BCUT2D eigenvalue weighted by atomic mass is 16.6. The molecule has 6 nitrogen and oxygen atoms in total. The molecule has 108 valence electrons. The highest BCUT2D eigenvalue weighted by Gasteiger charge is 2.36. The van der Waals surface area contributed by atoms with E-state index in [0.717, 1.165) is 19.5 Å². The highest BCUT2D eigenvalue weighted by Crippen LogP contribution is 2.34. The maximum absolute atomic E-state index is 11.2. The van der Waals surface area contributed by atoms with Crippen LogP contribution in [0, 0.1) is 10.1 Å². The van der Waals surface area contributed by atoms with Gasteiger partial charge in [-0.15, -0.1) is 0 Å². The highest BCUT2D eigenvalue weighted by molar-refractivity contribution is 5.74. The number of nitro groups is 1. The van der Waals surface area contributed by atoms with Crippen molar-refractivity contribution in [2.45, 2.75) is 37.8 Å². The van der Waals surface area contributed by atoms with Gasteiger partial charge in [0.05, 0.1) is 4.92 Å². The molecule has 2 unspecified atom stereocenters. The second-order valence-corrected chi connectivity index (χ2v) is 5.64. The van der Waals surface area contributed by atoms with Gasteiger partial charge in [-0.05, 0) is 37.9 Å². The van der Waals surface area contributed by atoms with Crippen molar-refractivity contribution in [3.8, 4) is 0 Å². The van der Waals surface area contributed by atoms with Crippen molar-refractivity contribution in [3.05, 3.63) is 28.3 Å². The number of nitrogens with zero attached hydrogens (tertiary/aromatic N) is 2. The van der Waals surface area contributed by atoms with E-state index in [2.05, 4.69) is 10.2 Å². The molecule has 2 atom stereocenters. The average molecular weight is 276 g/mol. The minimum atomic E-state index is -0.398. The van der Waals surface area contributed by atoms with Crippen molar-refractivity contribution in [1.29, 1.82) is 0 Å². The van der Waals surface area contributed by atoms with Gasteiger partial charge in [-0.25, -0.2) is 0 Å². The van der Waals surface area contributed by atoms with Crippen molar-refractivity contribution in [3.63, 3.8) is 0 Å². The molecule has 0 amide bonds. The molecule has 1 aromatic rings. The third kappa shape index (κ3) is 2.31. The first-order valence-electron chi connectivity index (χ1n) is 7.20. The first kappa shape index (κ1) is 13.2. The summed E-state index contributed by atoms with van der Waals surface area (Å²) in [4.78, 5) is 13.3. The van der Waals surface area contributed by atoms with E-state index in [0.29, 0.717) is 11.7 Å². The summed E-state index contributed by atoms with van der Waals surface area (Å²) in [6, 6.07) is 5.88. The van der Waals surface area contributed by atoms with E-state index in [-0.39, 0.29) is 17.4 Å². The molecule has 2 saturated heterocycles. The molecule has 2 aliphatic heterocycles. The number of fused-ring (bicyclic) bond motifs is 1. The second-order valence-electron chi connectivity index (χ2n) is 5.64. The van der Waals surface area contributed by atoms with Crippen LogP contribution < -0.4 is 11.1 Å². The van der Waals surface area contributed by atoms with Gasteiger partial charge in [-0.1, -0.05) is 12.5 Å². The Balaban J connectivity index is 1.81. The number of benzene rings is 1. The van der Waals surface area contributed by atoms with E-state index in [1.165, 1.54) is 19.3 Å². The second kappa shape index (κ2) is 5.28. The summed E-state index contributed by atoms with van der Waals surface area (Å²) in [6.07, 6.45) is 4.73. The molecule has 3 N–H and O–H groups in total. The fraction of sp³-hybridized carbons (Fsp3) is 0.571. The zero-order valence-corrected chi connectivity index (χ0v) is 11.4. The normalized spacial score (nSPS) is 26.2. The maximum atomic E-state index is 11.2. The predicted octanol–water partition coefficient (Wildman–Crippen LogP) is 2.22. The zero-order valence-electron chi connectivity index (χ0n) is 11.4. The van der Waals surface area contributed by atoms with Gasteiger partial charge in [0.1, 0.15) is 11.4 Å². The van der Waals surface area contributed by atoms with Crippen molar-refractivity contribution in [2.24, 2.45) is 0 Å². The van der Waals surface area contributed by atoms with Crippen LogP contribution in [0.15, 0.2) is 18.2 Å². The Bertz CT molecular complexity index is 520. The summed E-state index contributed by atoms with van der Waals surface area (Å²) in [5, 5.41) is 14.5. The van der Waals surface area contributed by atoms with Gasteiger partial charge >= 0.3 is 5.69 Å². The first-order chi connectivity index (χ1) is 9.66. The molecule has 0 aliphatic carbocycles. The molecule has 0 bridgehead atoms. The molecule has 1 aromatic carbocycles. The molecule has 2 aliphatic rings. The number of nitrogens with two attached hydrogens (primary N) is 1. The number of nitrogen functional groups attached to an aromatic ring is 1. The predicted molar refractivity (Wildman–Crippen MR) is 78.7 cm³/mol. The summed E-state index contributed by atoms with van der Waals surface area (Å²) >= 11 is 0. The quantitative estimate of drug-likeness (QED) is 0.502. The van der Waals surface area contributed by atoms with Crippen LogP contribution in [0.2, 0.25) is 0 Å². The largest absolute Gasteiger partial charge is 0.393 e. The third-order valence-corrected chi connectivity index (χ3v) is 4.45. The van der Waals surface area contributed by atoms with Gasteiger partial charge in [0.25, 0.3) is 0 Å². The summed E-state index contributed by atoms with van der Waals surface area (Å²) in [7, 11) is 0. The van der Waals surface area contributed by atoms with Crippen LogP contribution in [-0.4, -0.2) is 35.0 Å². The third-order valence-electron chi connectivity index (χ3n) is 4.45. The van der Waals surface area contributed by atoms with Crippen LogP contribution in [-0.2, 0) is 0 Å². The summed E-state index contributed by atoms with van der Waals surface area (Å²) in [5.74, 6) is 0. The van der Waals surface area contributed by atoms with Gasteiger partial charge in [0.15, 0.2) is 0 Å². The molecule has 6 heteroatoms. The lowest BCUT2D eigenvalue weighted by Crippen LogP contribution is -2.41. The van der Waals surface area contributed by atoms with E-state index in [1.54, 1.807) is 18.2 Å². The Kier molecular flexibility index (Phi) is 3.48. The van der Waals surface area contributed by atoms with Crippen molar-refractivity contribution in [1.82, 2.24) is 4.90 Å². The van der Waals surface area contributed by atoms with E-state index >= 15 is 0 Å². The fourth-order valence-corrected chi connectivity index (χ4v) is 3.50. The van der Waals surface area contributed by atoms with E-state index < -0.39 is 4.92 Å². The Hall–Kier alpha value is -1.82. The van der Waals surface area contributed by atoms with Crippen LogP contribution in [0.4, 0.5) is 17.1 Å². The van der Waals surface area contributed by atoms with E-state index in [9.17, 15) is 10.1 Å². The Morgan fingerprint density at radius 2 is 2.15 bits per heavy atom.